The van der Waals surface area contributed by atoms with E-state index in [1.807, 2.05) is 0 Å². The summed E-state index contributed by atoms with van der Waals surface area (Å²) in [5, 5.41) is 0. The van der Waals surface area contributed by atoms with Gasteiger partial charge in [0.05, 0.1) is 5.41 Å². The molecule has 0 bridgehead atoms. The van der Waals surface area contributed by atoms with E-state index >= 15 is 0 Å². The molecule has 2 aliphatic rings. The third kappa shape index (κ3) is 3.76. The molecule has 5 heteroatoms. The summed E-state index contributed by atoms with van der Waals surface area (Å²) in [6.07, 6.45) is 4.84. The zero-order valence-electron chi connectivity index (χ0n) is 15.0. The number of hydrogen-bond donors (Lipinski definition) is 0. The van der Waals surface area contributed by atoms with E-state index in [2.05, 4.69) is 24.8 Å². The Morgan fingerprint density at radius 1 is 1.24 bits per heavy atom. The van der Waals surface area contributed by atoms with E-state index in [1.165, 1.54) is 11.6 Å². The van der Waals surface area contributed by atoms with Gasteiger partial charge in [-0.15, -0.1) is 0 Å². The molecule has 2 fully saturated rings. The van der Waals surface area contributed by atoms with Crippen molar-refractivity contribution in [1.82, 2.24) is 9.80 Å². The highest BCUT2D eigenvalue weighted by Crippen LogP contribution is 2.40. The fourth-order valence-corrected chi connectivity index (χ4v) is 3.98. The summed E-state index contributed by atoms with van der Waals surface area (Å²) in [5.41, 5.74) is 1.18. The molecule has 1 aromatic rings. The summed E-state index contributed by atoms with van der Waals surface area (Å²) >= 11 is 0. The molecule has 1 spiro atoms. The third-order valence-electron chi connectivity index (χ3n) is 5.41. The zero-order chi connectivity index (χ0) is 18.0. The fraction of sp³-hybridized carbons (Fsp3) is 0.550. The summed E-state index contributed by atoms with van der Waals surface area (Å²) in [7, 11) is 0. The molecule has 1 aromatic carbocycles. The Morgan fingerprint density at radius 3 is 2.80 bits per heavy atom. The molecule has 0 aliphatic carbocycles. The van der Waals surface area contributed by atoms with Crippen LogP contribution in [-0.4, -0.2) is 41.9 Å². The predicted molar refractivity (Wildman–Crippen MR) is 93.9 cm³/mol. The molecule has 3 rings (SSSR count). The molecule has 2 saturated heterocycles. The first-order valence-corrected chi connectivity index (χ1v) is 8.99. The van der Waals surface area contributed by atoms with Crippen molar-refractivity contribution in [2.24, 2.45) is 5.41 Å². The summed E-state index contributed by atoms with van der Waals surface area (Å²) in [6, 6.07) is 4.16. The second kappa shape index (κ2) is 7.24. The molecule has 0 unspecified atom stereocenters. The smallest absolute Gasteiger partial charge is 0.230 e. The summed E-state index contributed by atoms with van der Waals surface area (Å²) in [4.78, 5) is 17.1. The highest BCUT2D eigenvalue weighted by Gasteiger charge is 2.48. The zero-order valence-corrected chi connectivity index (χ0v) is 15.0. The van der Waals surface area contributed by atoms with Gasteiger partial charge in [0.25, 0.3) is 0 Å². The van der Waals surface area contributed by atoms with Crippen molar-refractivity contribution in [2.75, 3.05) is 26.2 Å². The van der Waals surface area contributed by atoms with E-state index < -0.39 is 11.6 Å². The van der Waals surface area contributed by atoms with E-state index in [0.29, 0.717) is 6.54 Å². The standard InChI is InChI=1S/C20H26F2N2O/c1-15(2)7-11-23-12-9-20(14-23)8-4-10-24(19(20)25)13-16-5-3-6-17(21)18(16)22/h3,5-7H,4,8-14H2,1-2H3/t20-/m0/s1. The van der Waals surface area contributed by atoms with Gasteiger partial charge < -0.3 is 4.90 Å². The fourth-order valence-electron chi connectivity index (χ4n) is 3.98. The van der Waals surface area contributed by atoms with Crippen LogP contribution in [0, 0.1) is 17.0 Å². The topological polar surface area (TPSA) is 23.6 Å². The minimum Gasteiger partial charge on any atom is -0.338 e. The van der Waals surface area contributed by atoms with Gasteiger partial charge in [-0.1, -0.05) is 23.8 Å². The van der Waals surface area contributed by atoms with Crippen molar-refractivity contribution in [3.8, 4) is 0 Å². The molecule has 0 saturated carbocycles. The van der Waals surface area contributed by atoms with Gasteiger partial charge in [0, 0.05) is 31.7 Å². The van der Waals surface area contributed by atoms with Crippen LogP contribution in [0.3, 0.4) is 0 Å². The van der Waals surface area contributed by atoms with Gasteiger partial charge in [-0.25, -0.2) is 8.78 Å². The van der Waals surface area contributed by atoms with E-state index in [0.717, 1.165) is 45.0 Å². The van der Waals surface area contributed by atoms with Gasteiger partial charge in [0.1, 0.15) is 0 Å². The lowest BCUT2D eigenvalue weighted by molar-refractivity contribution is -0.146. The molecule has 3 nitrogen and oxygen atoms in total. The van der Waals surface area contributed by atoms with Crippen molar-refractivity contribution in [1.29, 1.82) is 0 Å². The highest BCUT2D eigenvalue weighted by atomic mass is 19.2. The van der Waals surface area contributed by atoms with E-state index in [4.69, 9.17) is 0 Å². The Labute approximate surface area is 148 Å². The Hall–Kier alpha value is -1.75. The second-order valence-corrected chi connectivity index (χ2v) is 7.59. The van der Waals surface area contributed by atoms with Gasteiger partial charge >= 0.3 is 0 Å². The first-order valence-electron chi connectivity index (χ1n) is 8.99. The van der Waals surface area contributed by atoms with Crippen molar-refractivity contribution in [2.45, 2.75) is 39.7 Å². The van der Waals surface area contributed by atoms with E-state index in [1.54, 1.807) is 11.0 Å². The Balaban J connectivity index is 1.71. The average molecular weight is 348 g/mol. The van der Waals surface area contributed by atoms with Crippen molar-refractivity contribution in [3.63, 3.8) is 0 Å². The number of amides is 1. The normalized spacial score (nSPS) is 24.2. The minimum atomic E-state index is -0.856. The molecule has 2 heterocycles. The van der Waals surface area contributed by atoms with Crippen LogP contribution in [0.25, 0.3) is 0 Å². The maximum Gasteiger partial charge on any atom is 0.230 e. The first-order chi connectivity index (χ1) is 11.9. The van der Waals surface area contributed by atoms with Gasteiger partial charge in [-0.2, -0.15) is 0 Å². The van der Waals surface area contributed by atoms with Crippen molar-refractivity contribution >= 4 is 5.91 Å². The number of nitrogens with zero attached hydrogens (tertiary/aromatic N) is 2. The predicted octanol–water partition coefficient (Wildman–Crippen LogP) is 3.75. The lowest BCUT2D eigenvalue weighted by Crippen LogP contribution is -2.49. The van der Waals surface area contributed by atoms with E-state index in [9.17, 15) is 13.6 Å². The number of halogens is 2. The van der Waals surface area contributed by atoms with Gasteiger partial charge in [0.15, 0.2) is 11.6 Å². The number of likely N-dealkylation sites (tertiary alicyclic amines) is 2. The Morgan fingerprint density at radius 2 is 2.04 bits per heavy atom. The average Bonchev–Trinajstić information content (AvgIpc) is 2.98. The Bertz CT molecular complexity index is 684. The van der Waals surface area contributed by atoms with Crippen LogP contribution >= 0.6 is 0 Å². The number of piperidine rings is 1. The second-order valence-electron chi connectivity index (χ2n) is 7.59. The van der Waals surface area contributed by atoms with Crippen LogP contribution in [0.4, 0.5) is 8.78 Å². The lowest BCUT2D eigenvalue weighted by atomic mass is 9.78. The maximum atomic E-state index is 14.0. The van der Waals surface area contributed by atoms with Gasteiger partial charge in [-0.05, 0) is 45.7 Å². The largest absolute Gasteiger partial charge is 0.338 e. The number of allylic oxidation sites excluding steroid dienone is 1. The highest BCUT2D eigenvalue weighted by molar-refractivity contribution is 5.84. The molecule has 0 radical (unpaired) electrons. The number of hydrogen-bond acceptors (Lipinski definition) is 2. The number of benzene rings is 1. The van der Waals surface area contributed by atoms with Crippen molar-refractivity contribution < 1.29 is 13.6 Å². The van der Waals surface area contributed by atoms with Crippen LogP contribution < -0.4 is 0 Å². The van der Waals surface area contributed by atoms with Gasteiger partial charge in [-0.3, -0.25) is 9.69 Å². The first kappa shape index (κ1) is 18.1. The maximum absolute atomic E-state index is 14.0. The molecule has 1 amide bonds. The SMILES string of the molecule is CC(C)=CCN1CC[C@@]2(CCCN(Cc3cccc(F)c3F)C2=O)C1. The van der Waals surface area contributed by atoms with Crippen LogP contribution in [0.5, 0.6) is 0 Å². The number of carbonyl (C=O) groups is 1. The number of carbonyl (C=O) groups excluding carboxylic acids is 1. The molecule has 1 atom stereocenters. The minimum absolute atomic E-state index is 0.0992. The monoisotopic (exact) mass is 348 g/mol. The molecule has 2 aliphatic heterocycles. The summed E-state index contributed by atoms with van der Waals surface area (Å²) in [6.45, 7) is 7.47. The molecule has 0 N–H and O–H groups in total. The van der Waals surface area contributed by atoms with Crippen LogP contribution in [-0.2, 0) is 11.3 Å². The molecule has 136 valence electrons. The molecular weight excluding hydrogens is 322 g/mol. The van der Waals surface area contributed by atoms with Crippen LogP contribution in [0.2, 0.25) is 0 Å². The van der Waals surface area contributed by atoms with Gasteiger partial charge in [0.2, 0.25) is 5.91 Å². The summed E-state index contributed by atoms with van der Waals surface area (Å²) < 4.78 is 27.4. The molecule has 25 heavy (non-hydrogen) atoms. The van der Waals surface area contributed by atoms with Crippen LogP contribution in [0.1, 0.15) is 38.7 Å². The molecule has 0 aromatic heterocycles. The Kier molecular flexibility index (Phi) is 5.23. The third-order valence-corrected chi connectivity index (χ3v) is 5.41. The number of rotatable bonds is 4. The quantitative estimate of drug-likeness (QED) is 0.774. The van der Waals surface area contributed by atoms with Crippen molar-refractivity contribution in [3.05, 3.63) is 47.0 Å². The van der Waals surface area contributed by atoms with Crippen LogP contribution in [0.15, 0.2) is 29.8 Å². The lowest BCUT2D eigenvalue weighted by Gasteiger charge is -2.39. The molecular formula is C20H26F2N2O. The summed E-state index contributed by atoms with van der Waals surface area (Å²) in [5.74, 6) is -1.60. The van der Waals surface area contributed by atoms with E-state index in [-0.39, 0.29) is 23.4 Å².